The van der Waals surface area contributed by atoms with Crippen molar-refractivity contribution < 1.29 is 4.52 Å². The lowest BCUT2D eigenvalue weighted by Gasteiger charge is -2.36. The Labute approximate surface area is 182 Å². The summed E-state index contributed by atoms with van der Waals surface area (Å²) in [6.45, 7) is 13.3. The van der Waals surface area contributed by atoms with Crippen LogP contribution in [-0.4, -0.2) is 56.6 Å². The van der Waals surface area contributed by atoms with Gasteiger partial charge in [-0.2, -0.15) is 0 Å². The Bertz CT molecular complexity index is 1070. The minimum Gasteiger partial charge on any atom is -0.361 e. The molecule has 8 nitrogen and oxygen atoms in total. The third-order valence-electron chi connectivity index (χ3n) is 5.56. The summed E-state index contributed by atoms with van der Waals surface area (Å²) in [7, 11) is 2.02. The number of aromatic nitrogens is 4. The molecular formula is C23H29N7O. The fourth-order valence-corrected chi connectivity index (χ4v) is 3.74. The Morgan fingerprint density at radius 3 is 2.45 bits per heavy atom. The Morgan fingerprint density at radius 2 is 1.87 bits per heavy atom. The molecule has 0 aromatic carbocycles. The molecule has 1 aliphatic rings. The summed E-state index contributed by atoms with van der Waals surface area (Å²) in [6.07, 6.45) is 7.51. The van der Waals surface area contributed by atoms with Gasteiger partial charge in [-0.15, -0.1) is 0 Å². The van der Waals surface area contributed by atoms with Gasteiger partial charge in [-0.25, -0.2) is 15.0 Å². The minimum absolute atomic E-state index is 0.430. The van der Waals surface area contributed by atoms with E-state index in [2.05, 4.69) is 61.0 Å². The molecule has 31 heavy (non-hydrogen) atoms. The van der Waals surface area contributed by atoms with Crippen LogP contribution in [0.4, 0.5) is 5.95 Å². The maximum atomic E-state index is 5.23. The SMILES string of the molecule is C=CN=C(c1cc(-c2cc(C)on2)cn1C)N1CCN(c2ncc(C(C)C)cn2)CC1. The van der Waals surface area contributed by atoms with Crippen LogP contribution in [0.1, 0.15) is 36.8 Å². The number of hydrogen-bond donors (Lipinski definition) is 0. The van der Waals surface area contributed by atoms with Gasteiger partial charge in [0.1, 0.15) is 11.5 Å². The number of nitrogens with zero attached hydrogens (tertiary/aromatic N) is 7. The lowest BCUT2D eigenvalue weighted by atomic mass is 10.1. The third kappa shape index (κ3) is 4.38. The van der Waals surface area contributed by atoms with Crippen molar-refractivity contribution in [2.24, 2.45) is 12.0 Å². The summed E-state index contributed by atoms with van der Waals surface area (Å²) in [4.78, 5) is 18.3. The molecule has 3 aromatic heterocycles. The van der Waals surface area contributed by atoms with Crippen LogP contribution >= 0.6 is 0 Å². The molecule has 1 aliphatic heterocycles. The van der Waals surface area contributed by atoms with E-state index < -0.39 is 0 Å². The van der Waals surface area contributed by atoms with E-state index in [0.29, 0.717) is 5.92 Å². The van der Waals surface area contributed by atoms with E-state index in [0.717, 1.165) is 66.2 Å². The van der Waals surface area contributed by atoms with E-state index in [1.54, 1.807) is 6.20 Å². The van der Waals surface area contributed by atoms with Crippen LogP contribution in [0.15, 0.2) is 53.0 Å². The van der Waals surface area contributed by atoms with E-state index in [-0.39, 0.29) is 0 Å². The van der Waals surface area contributed by atoms with Crippen LogP contribution in [0.25, 0.3) is 11.3 Å². The van der Waals surface area contributed by atoms with Gasteiger partial charge in [0.05, 0.1) is 5.69 Å². The fraction of sp³-hybridized carbons (Fsp3) is 0.391. The van der Waals surface area contributed by atoms with Crippen molar-refractivity contribution in [2.45, 2.75) is 26.7 Å². The van der Waals surface area contributed by atoms with E-state index in [1.165, 1.54) is 0 Å². The highest BCUT2D eigenvalue weighted by Gasteiger charge is 2.24. The smallest absolute Gasteiger partial charge is 0.225 e. The van der Waals surface area contributed by atoms with E-state index in [4.69, 9.17) is 4.52 Å². The van der Waals surface area contributed by atoms with Crippen molar-refractivity contribution in [1.82, 2.24) is 24.6 Å². The monoisotopic (exact) mass is 419 g/mol. The zero-order valence-corrected chi connectivity index (χ0v) is 18.6. The van der Waals surface area contributed by atoms with Crippen LogP contribution in [0.3, 0.4) is 0 Å². The van der Waals surface area contributed by atoms with Crippen LogP contribution in [0.2, 0.25) is 0 Å². The normalized spacial score (nSPS) is 15.1. The van der Waals surface area contributed by atoms with Gasteiger partial charge in [0.2, 0.25) is 5.95 Å². The van der Waals surface area contributed by atoms with Crippen LogP contribution in [0, 0.1) is 6.92 Å². The van der Waals surface area contributed by atoms with Crippen molar-refractivity contribution in [2.75, 3.05) is 31.1 Å². The molecular weight excluding hydrogens is 390 g/mol. The average Bonchev–Trinajstić information content (AvgIpc) is 3.38. The number of aryl methyl sites for hydroxylation is 2. The summed E-state index contributed by atoms with van der Waals surface area (Å²) in [5.74, 6) is 2.91. The first-order valence-corrected chi connectivity index (χ1v) is 10.6. The predicted octanol–water partition coefficient (Wildman–Crippen LogP) is 3.61. The van der Waals surface area contributed by atoms with E-state index >= 15 is 0 Å². The van der Waals surface area contributed by atoms with Crippen LogP contribution in [-0.2, 0) is 7.05 Å². The summed E-state index contributed by atoms with van der Waals surface area (Å²) in [6, 6.07) is 4.03. The Kier molecular flexibility index (Phi) is 5.88. The van der Waals surface area contributed by atoms with Crippen LogP contribution < -0.4 is 4.90 Å². The summed E-state index contributed by atoms with van der Waals surface area (Å²) < 4.78 is 7.30. The zero-order chi connectivity index (χ0) is 22.0. The van der Waals surface area contributed by atoms with Crippen molar-refractivity contribution in [3.8, 4) is 11.3 Å². The third-order valence-corrected chi connectivity index (χ3v) is 5.56. The molecule has 8 heteroatoms. The highest BCUT2D eigenvalue weighted by atomic mass is 16.5. The maximum Gasteiger partial charge on any atom is 0.225 e. The summed E-state index contributed by atoms with van der Waals surface area (Å²) in [5.41, 5.74) is 4.00. The van der Waals surface area contributed by atoms with Gasteiger partial charge in [0, 0.05) is 69.6 Å². The van der Waals surface area contributed by atoms with Gasteiger partial charge in [-0.3, -0.25) is 0 Å². The molecule has 0 N–H and O–H groups in total. The number of rotatable bonds is 5. The predicted molar refractivity (Wildman–Crippen MR) is 122 cm³/mol. The lowest BCUT2D eigenvalue weighted by Crippen LogP contribution is -2.49. The highest BCUT2D eigenvalue weighted by Crippen LogP contribution is 2.23. The van der Waals surface area contributed by atoms with Crippen molar-refractivity contribution in [1.29, 1.82) is 0 Å². The zero-order valence-electron chi connectivity index (χ0n) is 18.6. The topological polar surface area (TPSA) is 75.6 Å². The molecule has 0 spiro atoms. The van der Waals surface area contributed by atoms with Gasteiger partial charge >= 0.3 is 0 Å². The highest BCUT2D eigenvalue weighted by molar-refractivity contribution is 5.99. The van der Waals surface area contributed by atoms with Gasteiger partial charge in [0.15, 0.2) is 5.84 Å². The molecule has 1 fully saturated rings. The van der Waals surface area contributed by atoms with Crippen molar-refractivity contribution >= 4 is 11.8 Å². The second-order valence-corrected chi connectivity index (χ2v) is 8.13. The number of anilines is 1. The largest absolute Gasteiger partial charge is 0.361 e. The number of hydrogen-bond acceptors (Lipinski definition) is 6. The van der Waals surface area contributed by atoms with E-state index in [9.17, 15) is 0 Å². The Morgan fingerprint density at radius 1 is 1.16 bits per heavy atom. The molecule has 0 radical (unpaired) electrons. The fourth-order valence-electron chi connectivity index (χ4n) is 3.74. The van der Waals surface area contributed by atoms with Crippen LogP contribution in [0.5, 0.6) is 0 Å². The first-order valence-electron chi connectivity index (χ1n) is 10.6. The molecule has 0 atom stereocenters. The quantitative estimate of drug-likeness (QED) is 0.464. The number of amidine groups is 1. The van der Waals surface area contributed by atoms with Gasteiger partial charge in [-0.1, -0.05) is 25.6 Å². The molecule has 4 heterocycles. The lowest BCUT2D eigenvalue weighted by molar-refractivity contribution is 0.382. The molecule has 1 saturated heterocycles. The summed E-state index contributed by atoms with van der Waals surface area (Å²) in [5, 5.41) is 4.14. The first-order chi connectivity index (χ1) is 15.0. The average molecular weight is 420 g/mol. The maximum absolute atomic E-state index is 5.23. The molecule has 0 saturated carbocycles. The first kappa shape index (κ1) is 20.8. The van der Waals surface area contributed by atoms with Gasteiger partial charge in [0.25, 0.3) is 0 Å². The minimum atomic E-state index is 0.430. The van der Waals surface area contributed by atoms with Crippen molar-refractivity contribution in [3.05, 3.63) is 60.5 Å². The molecule has 3 aromatic rings. The molecule has 162 valence electrons. The molecule has 0 unspecified atom stereocenters. The molecule has 0 aliphatic carbocycles. The molecule has 0 amide bonds. The van der Waals surface area contributed by atoms with Crippen molar-refractivity contribution in [3.63, 3.8) is 0 Å². The molecule has 0 bridgehead atoms. The Balaban J connectivity index is 1.50. The number of aliphatic imine (C=N–C) groups is 1. The second kappa shape index (κ2) is 8.75. The number of piperazine rings is 1. The van der Waals surface area contributed by atoms with Gasteiger partial charge in [-0.05, 0) is 24.5 Å². The molecule has 4 rings (SSSR count). The summed E-state index contributed by atoms with van der Waals surface area (Å²) >= 11 is 0. The Hall–Kier alpha value is -3.42. The van der Waals surface area contributed by atoms with Gasteiger partial charge < -0.3 is 18.9 Å². The van der Waals surface area contributed by atoms with E-state index in [1.807, 2.05) is 38.6 Å². The second-order valence-electron chi connectivity index (χ2n) is 8.13. The standard InChI is InChI=1S/C23H29N7O/c1-6-24-22(21-12-18(15-28(21)5)20-11-17(4)31-27-20)29-7-9-30(10-8-29)23-25-13-19(14-26-23)16(2)3/h6,11-16H,1,7-10H2,2-5H3.